The predicted molar refractivity (Wildman–Crippen MR) is 65.5 cm³/mol. The molecule has 1 aromatic carbocycles. The maximum atomic E-state index is 13.6. The quantitative estimate of drug-likeness (QED) is 0.908. The number of rotatable bonds is 2. The molecule has 0 saturated carbocycles. The Balaban J connectivity index is 3.08. The molecule has 4 nitrogen and oxygen atoms in total. The van der Waals surface area contributed by atoms with E-state index in [4.69, 9.17) is 5.11 Å². The van der Waals surface area contributed by atoms with Gasteiger partial charge in [-0.2, -0.15) is 0 Å². The van der Waals surface area contributed by atoms with Crippen LogP contribution in [0.1, 0.15) is 22.8 Å². The van der Waals surface area contributed by atoms with Gasteiger partial charge in [-0.15, -0.1) is 0 Å². The number of nitrogens with zero attached hydrogens (tertiary/aromatic N) is 1. The fourth-order valence-electron chi connectivity index (χ4n) is 2.11. The van der Waals surface area contributed by atoms with E-state index in [2.05, 4.69) is 0 Å². The molecular weight excluding hydrogens is 256 g/mol. The van der Waals surface area contributed by atoms with Crippen LogP contribution in [0.15, 0.2) is 17.1 Å². The lowest BCUT2D eigenvalue weighted by Gasteiger charge is -2.13. The Morgan fingerprint density at radius 1 is 1.42 bits per heavy atom. The molecule has 19 heavy (non-hydrogen) atoms. The highest BCUT2D eigenvalue weighted by molar-refractivity contribution is 5.93. The Morgan fingerprint density at radius 3 is 2.58 bits per heavy atom. The lowest BCUT2D eigenvalue weighted by Crippen LogP contribution is -2.20. The average Bonchev–Trinajstić information content (AvgIpc) is 2.37. The zero-order valence-corrected chi connectivity index (χ0v) is 10.3. The number of aromatic nitrogens is 1. The lowest BCUT2D eigenvalue weighted by molar-refractivity contribution is 0.0695. The third-order valence-corrected chi connectivity index (χ3v) is 3.05. The van der Waals surface area contributed by atoms with Crippen molar-refractivity contribution < 1.29 is 18.7 Å². The molecule has 1 aromatic heterocycles. The monoisotopic (exact) mass is 267 g/mol. The van der Waals surface area contributed by atoms with Crippen LogP contribution in [0.2, 0.25) is 0 Å². The fraction of sp³-hybridized carbons (Fsp3) is 0.231. The van der Waals surface area contributed by atoms with Gasteiger partial charge in [0.05, 0.1) is 5.52 Å². The molecule has 1 N–H and O–H groups in total. The molecule has 0 amide bonds. The zero-order valence-electron chi connectivity index (χ0n) is 10.3. The molecule has 2 rings (SSSR count). The molecule has 2 aromatic rings. The van der Waals surface area contributed by atoms with Crippen molar-refractivity contribution in [3.8, 4) is 0 Å². The molecule has 0 unspecified atom stereocenters. The lowest BCUT2D eigenvalue weighted by atomic mass is 10.1. The summed E-state index contributed by atoms with van der Waals surface area (Å²) in [4.78, 5) is 23.0. The van der Waals surface area contributed by atoms with Crippen molar-refractivity contribution in [2.45, 2.75) is 20.4 Å². The van der Waals surface area contributed by atoms with Gasteiger partial charge in [0.1, 0.15) is 5.56 Å². The molecule has 100 valence electrons. The van der Waals surface area contributed by atoms with Crippen LogP contribution < -0.4 is 5.43 Å². The molecule has 1 heterocycles. The first-order valence-electron chi connectivity index (χ1n) is 5.63. The van der Waals surface area contributed by atoms with Crippen molar-refractivity contribution in [2.24, 2.45) is 0 Å². The first kappa shape index (κ1) is 13.2. The molecule has 0 bridgehead atoms. The van der Waals surface area contributed by atoms with E-state index >= 15 is 0 Å². The normalized spacial score (nSPS) is 10.9. The van der Waals surface area contributed by atoms with Gasteiger partial charge in [-0.3, -0.25) is 4.79 Å². The van der Waals surface area contributed by atoms with Gasteiger partial charge < -0.3 is 9.67 Å². The molecule has 6 heteroatoms. The minimum Gasteiger partial charge on any atom is -0.477 e. The minimum atomic E-state index is -1.39. The minimum absolute atomic E-state index is 0.00844. The van der Waals surface area contributed by atoms with Gasteiger partial charge in [0.2, 0.25) is 5.43 Å². The highest BCUT2D eigenvalue weighted by Crippen LogP contribution is 2.22. The number of hydrogen-bond donors (Lipinski definition) is 1. The molecule has 0 spiro atoms. The van der Waals surface area contributed by atoms with Crippen LogP contribution in [0.3, 0.4) is 0 Å². The van der Waals surface area contributed by atoms with Crippen LogP contribution in [0.5, 0.6) is 0 Å². The van der Waals surface area contributed by atoms with Gasteiger partial charge >= 0.3 is 5.97 Å². The van der Waals surface area contributed by atoms with Gasteiger partial charge in [0.25, 0.3) is 0 Å². The smallest absolute Gasteiger partial charge is 0.341 e. The van der Waals surface area contributed by atoms with E-state index in [0.29, 0.717) is 6.54 Å². The summed E-state index contributed by atoms with van der Waals surface area (Å²) in [6.45, 7) is 3.41. The van der Waals surface area contributed by atoms with Crippen LogP contribution in [0.25, 0.3) is 10.9 Å². The van der Waals surface area contributed by atoms with E-state index in [-0.39, 0.29) is 16.5 Å². The standard InChI is InChI=1S/C13H11F2NO3/c1-3-16-5-8(13(18)19)12(17)7-4-9(14)10(15)6(2)11(7)16/h4-5H,3H2,1-2H3,(H,18,19). The zero-order chi connectivity index (χ0) is 14.3. The maximum Gasteiger partial charge on any atom is 0.341 e. The Kier molecular flexibility index (Phi) is 3.09. The van der Waals surface area contributed by atoms with Crippen molar-refractivity contribution in [2.75, 3.05) is 0 Å². The molecule has 0 aliphatic heterocycles. The number of pyridine rings is 1. The van der Waals surface area contributed by atoms with Gasteiger partial charge in [0, 0.05) is 23.7 Å². The van der Waals surface area contributed by atoms with E-state index in [1.807, 2.05) is 0 Å². The second-order valence-corrected chi connectivity index (χ2v) is 4.16. The Morgan fingerprint density at radius 2 is 2.05 bits per heavy atom. The second-order valence-electron chi connectivity index (χ2n) is 4.16. The number of carboxylic acids is 1. The van der Waals surface area contributed by atoms with Gasteiger partial charge in [-0.1, -0.05) is 0 Å². The van der Waals surface area contributed by atoms with Crippen molar-refractivity contribution in [3.05, 3.63) is 45.2 Å². The van der Waals surface area contributed by atoms with Crippen molar-refractivity contribution in [3.63, 3.8) is 0 Å². The average molecular weight is 267 g/mol. The van der Waals surface area contributed by atoms with E-state index in [1.165, 1.54) is 11.5 Å². The van der Waals surface area contributed by atoms with Crippen LogP contribution in [-0.2, 0) is 6.54 Å². The summed E-state index contributed by atoms with van der Waals surface area (Å²) < 4.78 is 28.4. The van der Waals surface area contributed by atoms with Crippen LogP contribution >= 0.6 is 0 Å². The summed E-state index contributed by atoms with van der Waals surface area (Å²) in [5.41, 5.74) is -1.06. The maximum absolute atomic E-state index is 13.6. The number of hydrogen-bond acceptors (Lipinski definition) is 2. The van der Waals surface area contributed by atoms with Crippen molar-refractivity contribution >= 4 is 16.9 Å². The highest BCUT2D eigenvalue weighted by atomic mass is 19.2. The van der Waals surface area contributed by atoms with E-state index in [1.54, 1.807) is 6.92 Å². The Labute approximate surface area is 106 Å². The van der Waals surface area contributed by atoms with Gasteiger partial charge in [-0.25, -0.2) is 13.6 Å². The molecule has 0 aliphatic rings. The van der Waals surface area contributed by atoms with Crippen molar-refractivity contribution in [1.29, 1.82) is 0 Å². The number of carboxylic acid groups (broad SMARTS) is 1. The number of carbonyl (C=O) groups is 1. The number of halogens is 2. The topological polar surface area (TPSA) is 59.3 Å². The summed E-state index contributed by atoms with van der Waals surface area (Å²) >= 11 is 0. The number of aryl methyl sites for hydroxylation is 2. The SMILES string of the molecule is CCn1cc(C(=O)O)c(=O)c2cc(F)c(F)c(C)c21. The number of aromatic carboxylic acids is 1. The predicted octanol–water partition coefficient (Wildman–Crippen LogP) is 2.31. The third kappa shape index (κ3) is 1.89. The second kappa shape index (κ2) is 4.46. The Hall–Kier alpha value is -2.24. The van der Waals surface area contributed by atoms with Crippen LogP contribution in [0, 0.1) is 18.6 Å². The van der Waals surface area contributed by atoms with Gasteiger partial charge in [-0.05, 0) is 19.9 Å². The summed E-state index contributed by atoms with van der Waals surface area (Å²) in [6, 6.07) is 0.749. The first-order chi connectivity index (χ1) is 8.88. The Bertz CT molecular complexity index is 750. The molecule has 0 fully saturated rings. The summed E-state index contributed by atoms with van der Waals surface area (Å²) in [6.07, 6.45) is 1.15. The molecule has 0 saturated heterocycles. The number of fused-ring (bicyclic) bond motifs is 1. The molecule has 0 atom stereocenters. The summed E-state index contributed by atoms with van der Waals surface area (Å²) in [7, 11) is 0. The highest BCUT2D eigenvalue weighted by Gasteiger charge is 2.19. The molecular formula is C13H11F2NO3. The van der Waals surface area contributed by atoms with E-state index in [9.17, 15) is 18.4 Å². The van der Waals surface area contributed by atoms with E-state index < -0.39 is 28.6 Å². The number of benzene rings is 1. The first-order valence-corrected chi connectivity index (χ1v) is 5.63. The van der Waals surface area contributed by atoms with E-state index in [0.717, 1.165) is 12.3 Å². The van der Waals surface area contributed by atoms with Crippen molar-refractivity contribution in [1.82, 2.24) is 4.57 Å². The van der Waals surface area contributed by atoms with Crippen LogP contribution in [0.4, 0.5) is 8.78 Å². The summed E-state index contributed by atoms with van der Waals surface area (Å²) in [5.74, 6) is -3.58. The van der Waals surface area contributed by atoms with Crippen LogP contribution in [-0.4, -0.2) is 15.6 Å². The summed E-state index contributed by atoms with van der Waals surface area (Å²) in [5, 5.41) is 8.83. The van der Waals surface area contributed by atoms with Gasteiger partial charge in [0.15, 0.2) is 11.6 Å². The molecule has 0 aliphatic carbocycles. The third-order valence-electron chi connectivity index (χ3n) is 3.05. The largest absolute Gasteiger partial charge is 0.477 e. The fourth-order valence-corrected chi connectivity index (χ4v) is 2.11. The molecule has 0 radical (unpaired) electrons.